The second-order valence-corrected chi connectivity index (χ2v) is 8.24. The minimum Gasteiger partial charge on any atom is -0.493 e. The van der Waals surface area contributed by atoms with E-state index < -0.39 is 29.6 Å². The van der Waals surface area contributed by atoms with Crippen molar-refractivity contribution in [2.45, 2.75) is 52.4 Å². The number of halogens is 1. The zero-order valence-electron chi connectivity index (χ0n) is 18.9. The van der Waals surface area contributed by atoms with Crippen LogP contribution < -0.4 is 15.4 Å². The van der Waals surface area contributed by atoms with Gasteiger partial charge in [-0.2, -0.15) is 0 Å². The zero-order chi connectivity index (χ0) is 23.6. The van der Waals surface area contributed by atoms with Crippen LogP contribution in [0, 0.1) is 5.82 Å². The predicted octanol–water partition coefficient (Wildman–Crippen LogP) is 5.11. The molecule has 0 saturated heterocycles. The van der Waals surface area contributed by atoms with Crippen molar-refractivity contribution in [2.24, 2.45) is 0 Å². The van der Waals surface area contributed by atoms with Gasteiger partial charge in [0.15, 0.2) is 0 Å². The Kier molecular flexibility index (Phi) is 9.31. The standard InChI is InChI=1S/C24H31FN2O5/c1-17(27-23(29)31-16-18-9-6-5-7-10-18)20-15-19(25)11-12-21(20)30-14-8-13-26-22(28)32-24(2,3)4/h5-7,9-12,15,17H,8,13-14,16H2,1-4H3,(H,26,28)(H,27,29)/t17-/m1/s1. The molecule has 2 N–H and O–H groups in total. The van der Waals surface area contributed by atoms with E-state index in [0.29, 0.717) is 30.9 Å². The Labute approximate surface area is 188 Å². The molecule has 2 rings (SSSR count). The van der Waals surface area contributed by atoms with Crippen molar-refractivity contribution in [3.05, 3.63) is 65.5 Å². The monoisotopic (exact) mass is 446 g/mol. The van der Waals surface area contributed by atoms with Gasteiger partial charge < -0.3 is 24.8 Å². The summed E-state index contributed by atoms with van der Waals surface area (Å²) in [4.78, 5) is 23.8. The molecule has 2 aromatic rings. The fourth-order valence-electron chi connectivity index (χ4n) is 2.77. The van der Waals surface area contributed by atoms with Crippen molar-refractivity contribution in [1.82, 2.24) is 10.6 Å². The highest BCUT2D eigenvalue weighted by Crippen LogP contribution is 2.26. The van der Waals surface area contributed by atoms with Crippen LogP contribution in [0.5, 0.6) is 5.75 Å². The number of ether oxygens (including phenoxy) is 3. The van der Waals surface area contributed by atoms with Gasteiger partial charge in [0.05, 0.1) is 12.6 Å². The molecule has 32 heavy (non-hydrogen) atoms. The van der Waals surface area contributed by atoms with Crippen molar-refractivity contribution in [3.63, 3.8) is 0 Å². The van der Waals surface area contributed by atoms with Gasteiger partial charge in [-0.05, 0) is 57.9 Å². The predicted molar refractivity (Wildman–Crippen MR) is 119 cm³/mol. The number of carbonyl (C=O) groups excluding carboxylic acids is 2. The Balaban J connectivity index is 1.83. The molecule has 0 aliphatic rings. The summed E-state index contributed by atoms with van der Waals surface area (Å²) < 4.78 is 30.0. The minimum atomic E-state index is -0.613. The third-order valence-electron chi connectivity index (χ3n) is 4.23. The Hall–Kier alpha value is -3.29. The summed E-state index contributed by atoms with van der Waals surface area (Å²) in [7, 11) is 0. The van der Waals surface area contributed by atoms with Gasteiger partial charge in [0.1, 0.15) is 23.8 Å². The van der Waals surface area contributed by atoms with Crippen LogP contribution in [-0.4, -0.2) is 30.9 Å². The SMILES string of the molecule is C[C@@H](NC(=O)OCc1ccccc1)c1cc(F)ccc1OCCCNC(=O)OC(C)(C)C. The Bertz CT molecular complexity index is 884. The average molecular weight is 447 g/mol. The Morgan fingerprint density at radius 1 is 1.06 bits per heavy atom. The van der Waals surface area contributed by atoms with Crippen molar-refractivity contribution >= 4 is 12.2 Å². The van der Waals surface area contributed by atoms with E-state index in [1.54, 1.807) is 27.7 Å². The minimum absolute atomic E-state index is 0.135. The molecular formula is C24H31FN2O5. The molecule has 0 fully saturated rings. The second-order valence-electron chi connectivity index (χ2n) is 8.24. The Morgan fingerprint density at radius 3 is 2.47 bits per heavy atom. The van der Waals surface area contributed by atoms with E-state index in [9.17, 15) is 14.0 Å². The molecule has 0 radical (unpaired) electrons. The van der Waals surface area contributed by atoms with Crippen LogP contribution in [0.15, 0.2) is 48.5 Å². The highest BCUT2D eigenvalue weighted by molar-refractivity contribution is 5.68. The van der Waals surface area contributed by atoms with Crippen molar-refractivity contribution in [1.29, 1.82) is 0 Å². The van der Waals surface area contributed by atoms with Crippen LogP contribution in [0.1, 0.15) is 51.3 Å². The van der Waals surface area contributed by atoms with Gasteiger partial charge in [0, 0.05) is 12.1 Å². The van der Waals surface area contributed by atoms with E-state index >= 15 is 0 Å². The highest BCUT2D eigenvalue weighted by atomic mass is 19.1. The lowest BCUT2D eigenvalue weighted by atomic mass is 10.1. The van der Waals surface area contributed by atoms with Crippen LogP contribution in [-0.2, 0) is 16.1 Å². The fraction of sp³-hybridized carbons (Fsp3) is 0.417. The second kappa shape index (κ2) is 11.9. The largest absolute Gasteiger partial charge is 0.493 e. The lowest BCUT2D eigenvalue weighted by Gasteiger charge is -2.20. The van der Waals surface area contributed by atoms with Crippen LogP contribution in [0.3, 0.4) is 0 Å². The molecule has 1 atom stereocenters. The maximum absolute atomic E-state index is 13.8. The maximum Gasteiger partial charge on any atom is 0.407 e. The maximum atomic E-state index is 13.8. The third-order valence-corrected chi connectivity index (χ3v) is 4.23. The number of amides is 2. The first kappa shape index (κ1) is 25.0. The van der Waals surface area contributed by atoms with Gasteiger partial charge in [-0.1, -0.05) is 30.3 Å². The number of hydrogen-bond donors (Lipinski definition) is 2. The molecule has 0 spiro atoms. The van der Waals surface area contributed by atoms with Gasteiger partial charge in [-0.3, -0.25) is 0 Å². The first-order valence-electron chi connectivity index (χ1n) is 10.5. The van der Waals surface area contributed by atoms with Gasteiger partial charge in [-0.25, -0.2) is 14.0 Å². The summed E-state index contributed by atoms with van der Waals surface area (Å²) >= 11 is 0. The Morgan fingerprint density at radius 2 is 1.78 bits per heavy atom. The summed E-state index contributed by atoms with van der Waals surface area (Å²) in [6.07, 6.45) is -0.582. The molecule has 0 aliphatic heterocycles. The molecule has 2 aromatic carbocycles. The third kappa shape index (κ3) is 9.24. The lowest BCUT2D eigenvalue weighted by molar-refractivity contribution is 0.0525. The van der Waals surface area contributed by atoms with E-state index in [-0.39, 0.29) is 6.61 Å². The summed E-state index contributed by atoms with van der Waals surface area (Å²) in [6, 6.07) is 12.9. The zero-order valence-corrected chi connectivity index (χ0v) is 18.9. The van der Waals surface area contributed by atoms with E-state index in [1.165, 1.54) is 18.2 Å². The van der Waals surface area contributed by atoms with Crippen molar-refractivity contribution in [2.75, 3.05) is 13.2 Å². The van der Waals surface area contributed by atoms with Crippen LogP contribution >= 0.6 is 0 Å². The van der Waals surface area contributed by atoms with E-state index in [1.807, 2.05) is 30.3 Å². The molecule has 2 amide bonds. The molecule has 0 unspecified atom stereocenters. The highest BCUT2D eigenvalue weighted by Gasteiger charge is 2.17. The number of nitrogens with one attached hydrogen (secondary N) is 2. The molecular weight excluding hydrogens is 415 g/mol. The number of alkyl carbamates (subject to hydrolysis) is 2. The molecule has 174 valence electrons. The number of hydrogen-bond acceptors (Lipinski definition) is 5. The molecule has 0 aliphatic carbocycles. The smallest absolute Gasteiger partial charge is 0.407 e. The van der Waals surface area contributed by atoms with Gasteiger partial charge >= 0.3 is 12.2 Å². The summed E-state index contributed by atoms with van der Waals surface area (Å²) in [6.45, 7) is 7.88. The van der Waals surface area contributed by atoms with Crippen LogP contribution in [0.25, 0.3) is 0 Å². The molecule has 0 heterocycles. The van der Waals surface area contributed by atoms with Gasteiger partial charge in [-0.15, -0.1) is 0 Å². The molecule has 8 heteroatoms. The number of carbonyl (C=O) groups is 2. The lowest BCUT2D eigenvalue weighted by Crippen LogP contribution is -2.33. The molecule has 0 bridgehead atoms. The summed E-state index contributed by atoms with van der Waals surface area (Å²) in [5.74, 6) is 0.00442. The van der Waals surface area contributed by atoms with Crippen molar-refractivity contribution in [3.8, 4) is 5.75 Å². The van der Waals surface area contributed by atoms with Crippen LogP contribution in [0.4, 0.5) is 14.0 Å². The molecule has 7 nitrogen and oxygen atoms in total. The van der Waals surface area contributed by atoms with E-state index in [4.69, 9.17) is 14.2 Å². The van der Waals surface area contributed by atoms with E-state index in [2.05, 4.69) is 10.6 Å². The van der Waals surface area contributed by atoms with Gasteiger partial charge in [0.2, 0.25) is 0 Å². The quantitative estimate of drug-likeness (QED) is 0.523. The first-order chi connectivity index (χ1) is 15.1. The summed E-state index contributed by atoms with van der Waals surface area (Å²) in [5, 5.41) is 5.34. The number of benzene rings is 2. The molecule has 0 aromatic heterocycles. The van der Waals surface area contributed by atoms with Gasteiger partial charge in [0.25, 0.3) is 0 Å². The van der Waals surface area contributed by atoms with Crippen molar-refractivity contribution < 1.29 is 28.2 Å². The fourth-order valence-corrected chi connectivity index (χ4v) is 2.77. The number of rotatable bonds is 9. The van der Waals surface area contributed by atoms with E-state index in [0.717, 1.165) is 5.56 Å². The molecule has 0 saturated carbocycles. The average Bonchev–Trinajstić information content (AvgIpc) is 2.72. The van der Waals surface area contributed by atoms with Crippen LogP contribution in [0.2, 0.25) is 0 Å². The first-order valence-corrected chi connectivity index (χ1v) is 10.5. The summed E-state index contributed by atoms with van der Waals surface area (Å²) in [5.41, 5.74) is 0.793. The topological polar surface area (TPSA) is 85.9 Å². The normalized spacial score (nSPS) is 11.9.